The van der Waals surface area contributed by atoms with Crippen LogP contribution in [0.25, 0.3) is 0 Å². The van der Waals surface area contributed by atoms with Gasteiger partial charge in [0.15, 0.2) is 11.5 Å². The van der Waals surface area contributed by atoms with E-state index < -0.39 is 6.02 Å². The predicted molar refractivity (Wildman–Crippen MR) is 64.4 cm³/mol. The summed E-state index contributed by atoms with van der Waals surface area (Å²) in [6.07, 6.45) is 1.29. The van der Waals surface area contributed by atoms with Gasteiger partial charge in [-0.2, -0.15) is 0 Å². The minimum absolute atomic E-state index is 0.214. The molecule has 0 unspecified atom stereocenters. The van der Waals surface area contributed by atoms with Crippen LogP contribution in [0, 0.1) is 0 Å². The summed E-state index contributed by atoms with van der Waals surface area (Å²) in [4.78, 5) is 12.4. The number of hydrogen-bond donors (Lipinski definition) is 0. The highest BCUT2D eigenvalue weighted by molar-refractivity contribution is 5.54. The zero-order valence-electron chi connectivity index (χ0n) is 12.0. The molecule has 0 saturated heterocycles. The number of methoxy groups -OCH3 is 2. The van der Waals surface area contributed by atoms with Crippen LogP contribution in [0.5, 0.6) is 11.5 Å². The van der Waals surface area contributed by atoms with E-state index in [4.69, 9.17) is 12.2 Å². The molecule has 4 nitrogen and oxygen atoms in total. The number of carbonyl (C=O) groups is 1. The number of ether oxygens (including phenoxy) is 2. The molecule has 1 aliphatic heterocycles. The van der Waals surface area contributed by atoms with Crippen molar-refractivity contribution in [2.24, 2.45) is 0 Å². The summed E-state index contributed by atoms with van der Waals surface area (Å²) in [5, 5.41) is 0. The Balaban J connectivity index is 2.59. The molecule has 0 saturated carbocycles. The molecule has 1 aromatic rings. The van der Waals surface area contributed by atoms with Crippen LogP contribution in [0.4, 0.5) is 0 Å². The molecule has 1 aliphatic rings. The van der Waals surface area contributed by atoms with E-state index >= 15 is 0 Å². The number of carbonyl (C=O) groups excluding carboxylic acids is 1. The average Bonchev–Trinajstić information content (AvgIpc) is 2.46. The zero-order chi connectivity index (χ0) is 14.0. The Bertz CT molecular complexity index is 495. The van der Waals surface area contributed by atoms with Gasteiger partial charge in [-0.1, -0.05) is 0 Å². The molecule has 1 aromatic carbocycles. The Morgan fingerprint density at radius 3 is 2.76 bits per heavy atom. The third kappa shape index (κ3) is 1.95. The van der Waals surface area contributed by atoms with E-state index in [9.17, 15) is 4.79 Å². The standard InChI is InChI=1S/C13H17NO3/c1-9-11-7-13(17-3)12(16-2)6-10(11)4-5-14(9)8-15/h6-9H,4-5H2,1-3H3/t9-/m0/s1/i1D,9D. The van der Waals surface area contributed by atoms with Crippen LogP contribution in [0.2, 0.25) is 0 Å². The van der Waals surface area contributed by atoms with Crippen molar-refractivity contribution in [2.75, 3.05) is 20.8 Å². The Hall–Kier alpha value is -1.71. The molecular weight excluding hydrogens is 218 g/mol. The second-order valence-electron chi connectivity index (χ2n) is 3.86. The molecule has 0 fully saturated rings. The van der Waals surface area contributed by atoms with Gasteiger partial charge in [0.05, 0.1) is 21.6 Å². The van der Waals surface area contributed by atoms with Crippen molar-refractivity contribution in [2.45, 2.75) is 19.3 Å². The van der Waals surface area contributed by atoms with E-state index in [1.54, 1.807) is 13.2 Å². The van der Waals surface area contributed by atoms with Crippen LogP contribution in [0.1, 0.15) is 26.8 Å². The first-order valence-electron chi connectivity index (χ1n) is 6.58. The fraction of sp³-hybridized carbons (Fsp3) is 0.462. The van der Waals surface area contributed by atoms with Crippen molar-refractivity contribution < 1.29 is 17.0 Å². The number of benzene rings is 1. The van der Waals surface area contributed by atoms with Gasteiger partial charge in [0.2, 0.25) is 6.41 Å². The summed E-state index contributed by atoms with van der Waals surface area (Å²) in [7, 11) is 3.08. The quantitative estimate of drug-likeness (QED) is 0.752. The lowest BCUT2D eigenvalue weighted by Gasteiger charge is -2.32. The molecule has 1 amide bonds. The summed E-state index contributed by atoms with van der Waals surface area (Å²) in [6, 6.07) is 2.18. The van der Waals surface area contributed by atoms with Gasteiger partial charge in [0.1, 0.15) is 0 Å². The van der Waals surface area contributed by atoms with Crippen LogP contribution in [0.3, 0.4) is 0 Å². The molecule has 0 spiro atoms. The maximum absolute atomic E-state index is 11.1. The fourth-order valence-corrected chi connectivity index (χ4v) is 2.04. The zero-order valence-corrected chi connectivity index (χ0v) is 10.0. The topological polar surface area (TPSA) is 38.8 Å². The Labute approximate surface area is 104 Å². The number of fused-ring (bicyclic) bond motifs is 1. The number of amides is 1. The largest absolute Gasteiger partial charge is 0.493 e. The molecule has 1 atom stereocenters. The molecule has 0 radical (unpaired) electrons. The van der Waals surface area contributed by atoms with Crippen LogP contribution in [-0.4, -0.2) is 32.1 Å². The highest BCUT2D eigenvalue weighted by Gasteiger charge is 2.24. The van der Waals surface area contributed by atoms with Crippen molar-refractivity contribution in [3.8, 4) is 11.5 Å². The highest BCUT2D eigenvalue weighted by Crippen LogP contribution is 2.37. The monoisotopic (exact) mass is 237 g/mol. The fourth-order valence-electron chi connectivity index (χ4n) is 2.04. The molecule has 4 heteroatoms. The van der Waals surface area contributed by atoms with E-state index in [0.717, 1.165) is 5.56 Å². The van der Waals surface area contributed by atoms with Gasteiger partial charge in [0, 0.05) is 7.92 Å². The molecular formula is C13H17NO3. The van der Waals surface area contributed by atoms with Crippen LogP contribution >= 0.6 is 0 Å². The Morgan fingerprint density at radius 1 is 1.47 bits per heavy atom. The van der Waals surface area contributed by atoms with E-state index in [0.29, 0.717) is 36.4 Å². The molecule has 0 aromatic heterocycles. The summed E-state index contributed by atoms with van der Waals surface area (Å²) in [5.74, 6) is 1.12. The Morgan fingerprint density at radius 2 is 2.18 bits per heavy atom. The molecule has 17 heavy (non-hydrogen) atoms. The van der Waals surface area contributed by atoms with E-state index in [1.165, 1.54) is 12.0 Å². The SMILES string of the molecule is [2H]C[C@@]1([2H])c2cc(OC)c(OC)cc2CCN1C=O. The lowest BCUT2D eigenvalue weighted by atomic mass is 9.93. The van der Waals surface area contributed by atoms with Gasteiger partial charge in [-0.15, -0.1) is 0 Å². The first-order chi connectivity index (χ1) is 9.10. The maximum atomic E-state index is 11.1. The first-order valence-corrected chi connectivity index (χ1v) is 5.37. The highest BCUT2D eigenvalue weighted by atomic mass is 16.5. The van der Waals surface area contributed by atoms with E-state index in [1.807, 2.05) is 6.07 Å². The minimum Gasteiger partial charge on any atom is -0.493 e. The van der Waals surface area contributed by atoms with Crippen molar-refractivity contribution in [1.82, 2.24) is 4.90 Å². The van der Waals surface area contributed by atoms with Crippen LogP contribution in [0.15, 0.2) is 12.1 Å². The maximum Gasteiger partial charge on any atom is 0.210 e. The van der Waals surface area contributed by atoms with E-state index in [-0.39, 0.29) is 6.90 Å². The average molecular weight is 237 g/mol. The van der Waals surface area contributed by atoms with Crippen molar-refractivity contribution in [3.05, 3.63) is 23.3 Å². The molecule has 2 rings (SSSR count). The third-order valence-corrected chi connectivity index (χ3v) is 3.02. The summed E-state index contributed by atoms with van der Waals surface area (Å²) >= 11 is 0. The lowest BCUT2D eigenvalue weighted by molar-refractivity contribution is -0.120. The summed E-state index contributed by atoms with van der Waals surface area (Å²) in [5.41, 5.74) is 1.57. The van der Waals surface area contributed by atoms with Gasteiger partial charge >= 0.3 is 0 Å². The van der Waals surface area contributed by atoms with Crippen LogP contribution < -0.4 is 9.47 Å². The van der Waals surface area contributed by atoms with Crippen LogP contribution in [-0.2, 0) is 11.2 Å². The number of hydrogen-bond acceptors (Lipinski definition) is 3. The number of rotatable bonds is 3. The molecule has 1 heterocycles. The predicted octanol–water partition coefficient (Wildman–Crippen LogP) is 1.78. The second kappa shape index (κ2) is 4.65. The summed E-state index contributed by atoms with van der Waals surface area (Å²) < 4.78 is 26.5. The number of nitrogens with zero attached hydrogens (tertiary/aromatic N) is 1. The molecule has 0 N–H and O–H groups in total. The lowest BCUT2D eigenvalue weighted by Crippen LogP contribution is -2.32. The van der Waals surface area contributed by atoms with Gasteiger partial charge in [0.25, 0.3) is 0 Å². The van der Waals surface area contributed by atoms with Gasteiger partial charge in [-0.05, 0) is 36.6 Å². The molecule has 0 aliphatic carbocycles. The summed E-state index contributed by atoms with van der Waals surface area (Å²) in [6.45, 7) is 0.225. The molecule has 92 valence electrons. The normalized spacial score (nSPS) is 24.5. The Kier molecular flexibility index (Phi) is 2.55. The third-order valence-electron chi connectivity index (χ3n) is 3.02. The second-order valence-corrected chi connectivity index (χ2v) is 3.86. The smallest absolute Gasteiger partial charge is 0.210 e. The minimum atomic E-state index is -1.35. The van der Waals surface area contributed by atoms with Crippen molar-refractivity contribution in [3.63, 3.8) is 0 Å². The molecule has 0 bridgehead atoms. The van der Waals surface area contributed by atoms with Crippen molar-refractivity contribution in [1.29, 1.82) is 0 Å². The van der Waals surface area contributed by atoms with Gasteiger partial charge in [-0.3, -0.25) is 4.79 Å². The van der Waals surface area contributed by atoms with Gasteiger partial charge < -0.3 is 14.4 Å². The van der Waals surface area contributed by atoms with Gasteiger partial charge in [-0.25, -0.2) is 0 Å². The van der Waals surface area contributed by atoms with E-state index in [2.05, 4.69) is 0 Å². The first kappa shape index (κ1) is 9.33. The van der Waals surface area contributed by atoms with Crippen molar-refractivity contribution >= 4 is 6.41 Å².